The standard InChI is InChI=1S/C18H15BrF2N2O3S/c1-2-7-27(25,26)23-15-6-4-13(20)16(17(15)21)18(24)12-9-22-14-5-3-10(19)8-11(12)14/h3-6,8-9,22-23H,2,7H2,1H3. The van der Waals surface area contributed by atoms with Crippen molar-refractivity contribution in [2.24, 2.45) is 0 Å². The molecule has 0 saturated carbocycles. The topological polar surface area (TPSA) is 79.0 Å². The van der Waals surface area contributed by atoms with E-state index in [0.29, 0.717) is 21.8 Å². The Bertz CT molecular complexity index is 1140. The van der Waals surface area contributed by atoms with Crippen LogP contribution in [0.4, 0.5) is 14.5 Å². The molecule has 9 heteroatoms. The maximum absolute atomic E-state index is 14.8. The maximum Gasteiger partial charge on any atom is 0.232 e. The van der Waals surface area contributed by atoms with E-state index in [1.807, 2.05) is 0 Å². The molecule has 3 aromatic rings. The fraction of sp³-hybridized carbons (Fsp3) is 0.167. The number of carbonyl (C=O) groups excluding carboxylic acids is 1. The van der Waals surface area contributed by atoms with E-state index in [0.717, 1.165) is 12.1 Å². The second kappa shape index (κ2) is 7.40. The molecule has 1 heterocycles. The molecule has 5 nitrogen and oxygen atoms in total. The number of anilines is 1. The first-order valence-electron chi connectivity index (χ1n) is 8.03. The molecule has 0 bridgehead atoms. The monoisotopic (exact) mass is 456 g/mol. The molecule has 1 aromatic heterocycles. The van der Waals surface area contributed by atoms with Crippen LogP contribution in [-0.4, -0.2) is 24.9 Å². The Morgan fingerprint density at radius 3 is 2.67 bits per heavy atom. The SMILES string of the molecule is CCCS(=O)(=O)Nc1ccc(F)c(C(=O)c2c[nH]c3ccc(Br)cc23)c1F. The summed E-state index contributed by atoms with van der Waals surface area (Å²) in [5, 5.41) is 0.491. The van der Waals surface area contributed by atoms with Crippen molar-refractivity contribution >= 4 is 48.3 Å². The Labute approximate surface area is 163 Å². The van der Waals surface area contributed by atoms with E-state index in [1.54, 1.807) is 25.1 Å². The van der Waals surface area contributed by atoms with Crippen molar-refractivity contribution in [2.75, 3.05) is 10.5 Å². The summed E-state index contributed by atoms with van der Waals surface area (Å²) in [6.45, 7) is 1.66. The average molecular weight is 457 g/mol. The third-order valence-electron chi connectivity index (χ3n) is 3.94. The molecule has 0 aliphatic rings. The molecule has 0 spiro atoms. The first kappa shape index (κ1) is 19.5. The quantitative estimate of drug-likeness (QED) is 0.532. The number of hydrogen-bond donors (Lipinski definition) is 2. The maximum atomic E-state index is 14.8. The summed E-state index contributed by atoms with van der Waals surface area (Å²) in [5.74, 6) is -3.42. The fourth-order valence-electron chi connectivity index (χ4n) is 2.74. The van der Waals surface area contributed by atoms with Gasteiger partial charge in [-0.2, -0.15) is 0 Å². The lowest BCUT2D eigenvalue weighted by atomic mass is 10.0. The predicted molar refractivity (Wildman–Crippen MR) is 103 cm³/mol. The fourth-order valence-corrected chi connectivity index (χ4v) is 4.24. The minimum Gasteiger partial charge on any atom is -0.360 e. The van der Waals surface area contributed by atoms with E-state index in [1.165, 1.54) is 6.20 Å². The molecule has 0 unspecified atom stereocenters. The molecular formula is C18H15BrF2N2O3S. The highest BCUT2D eigenvalue weighted by Crippen LogP contribution is 2.29. The molecule has 142 valence electrons. The van der Waals surface area contributed by atoms with Gasteiger partial charge in [-0.1, -0.05) is 22.9 Å². The van der Waals surface area contributed by atoms with Gasteiger partial charge in [0.2, 0.25) is 15.8 Å². The van der Waals surface area contributed by atoms with E-state index in [4.69, 9.17) is 0 Å². The van der Waals surface area contributed by atoms with Crippen LogP contribution < -0.4 is 4.72 Å². The van der Waals surface area contributed by atoms with Crippen molar-refractivity contribution in [1.82, 2.24) is 4.98 Å². The lowest BCUT2D eigenvalue weighted by molar-refractivity contribution is 0.103. The lowest BCUT2D eigenvalue weighted by Crippen LogP contribution is -2.18. The number of benzene rings is 2. The molecule has 27 heavy (non-hydrogen) atoms. The van der Waals surface area contributed by atoms with Gasteiger partial charge in [0.15, 0.2) is 5.82 Å². The van der Waals surface area contributed by atoms with Gasteiger partial charge in [0, 0.05) is 27.1 Å². The van der Waals surface area contributed by atoms with Gasteiger partial charge in [-0.05, 0) is 36.8 Å². The van der Waals surface area contributed by atoms with Gasteiger partial charge in [0.05, 0.1) is 17.0 Å². The Balaban J connectivity index is 2.09. The molecule has 2 aromatic carbocycles. The molecule has 0 fully saturated rings. The summed E-state index contributed by atoms with van der Waals surface area (Å²) in [7, 11) is -3.79. The van der Waals surface area contributed by atoms with Crippen molar-refractivity contribution < 1.29 is 22.0 Å². The Morgan fingerprint density at radius 2 is 1.96 bits per heavy atom. The van der Waals surface area contributed by atoms with Gasteiger partial charge in [0.25, 0.3) is 0 Å². The lowest BCUT2D eigenvalue weighted by Gasteiger charge is -2.11. The summed E-state index contributed by atoms with van der Waals surface area (Å²) in [4.78, 5) is 15.7. The third kappa shape index (κ3) is 3.89. The highest BCUT2D eigenvalue weighted by molar-refractivity contribution is 9.10. The molecule has 0 radical (unpaired) electrons. The van der Waals surface area contributed by atoms with Crippen LogP contribution in [0, 0.1) is 11.6 Å². The second-order valence-corrected chi connectivity index (χ2v) is 8.68. The second-order valence-electron chi connectivity index (χ2n) is 5.93. The van der Waals surface area contributed by atoms with Crippen LogP contribution in [0.3, 0.4) is 0 Å². The van der Waals surface area contributed by atoms with E-state index in [2.05, 4.69) is 25.6 Å². The minimum atomic E-state index is -3.79. The number of ketones is 1. The van der Waals surface area contributed by atoms with Gasteiger partial charge in [-0.15, -0.1) is 0 Å². The molecule has 2 N–H and O–H groups in total. The van der Waals surface area contributed by atoms with Crippen LogP contribution in [0.5, 0.6) is 0 Å². The van der Waals surface area contributed by atoms with Gasteiger partial charge >= 0.3 is 0 Å². The number of aromatic nitrogens is 1. The van der Waals surface area contributed by atoms with Crippen LogP contribution >= 0.6 is 15.9 Å². The number of carbonyl (C=O) groups is 1. The molecule has 0 aliphatic carbocycles. The molecular weight excluding hydrogens is 442 g/mol. The summed E-state index contributed by atoms with van der Waals surface area (Å²) in [6.07, 6.45) is 1.69. The molecule has 0 saturated heterocycles. The van der Waals surface area contributed by atoms with Crippen molar-refractivity contribution in [3.63, 3.8) is 0 Å². The van der Waals surface area contributed by atoms with Crippen LogP contribution in [0.25, 0.3) is 10.9 Å². The Kier molecular flexibility index (Phi) is 5.34. The smallest absolute Gasteiger partial charge is 0.232 e. The number of rotatable bonds is 6. The van der Waals surface area contributed by atoms with Crippen LogP contribution in [0.2, 0.25) is 0 Å². The third-order valence-corrected chi connectivity index (χ3v) is 5.91. The average Bonchev–Trinajstić information content (AvgIpc) is 3.00. The highest BCUT2D eigenvalue weighted by Gasteiger charge is 2.25. The van der Waals surface area contributed by atoms with Gasteiger partial charge in [-0.3, -0.25) is 9.52 Å². The highest BCUT2D eigenvalue weighted by atomic mass is 79.9. The van der Waals surface area contributed by atoms with Crippen molar-refractivity contribution in [3.05, 3.63) is 63.8 Å². The summed E-state index contributed by atoms with van der Waals surface area (Å²) >= 11 is 3.29. The number of hydrogen-bond acceptors (Lipinski definition) is 3. The van der Waals surface area contributed by atoms with E-state index in [-0.39, 0.29) is 11.3 Å². The predicted octanol–water partition coefficient (Wildman–Crippen LogP) is 4.59. The zero-order valence-electron chi connectivity index (χ0n) is 14.1. The number of fused-ring (bicyclic) bond motifs is 1. The summed E-state index contributed by atoms with van der Waals surface area (Å²) in [5.41, 5.74) is -0.568. The molecule has 0 aliphatic heterocycles. The minimum absolute atomic E-state index is 0.0812. The zero-order chi connectivity index (χ0) is 19.8. The van der Waals surface area contributed by atoms with Crippen molar-refractivity contribution in [2.45, 2.75) is 13.3 Å². The normalized spacial score (nSPS) is 11.7. The number of aromatic amines is 1. The van der Waals surface area contributed by atoms with Crippen LogP contribution in [0.15, 0.2) is 41.0 Å². The number of sulfonamides is 1. The number of halogens is 3. The van der Waals surface area contributed by atoms with Crippen LogP contribution in [0.1, 0.15) is 29.3 Å². The zero-order valence-corrected chi connectivity index (χ0v) is 16.5. The molecule has 0 atom stereocenters. The first-order valence-corrected chi connectivity index (χ1v) is 10.5. The van der Waals surface area contributed by atoms with Crippen molar-refractivity contribution in [3.8, 4) is 0 Å². The summed E-state index contributed by atoms with van der Waals surface area (Å²) < 4.78 is 55.6. The first-order chi connectivity index (χ1) is 12.7. The van der Waals surface area contributed by atoms with Gasteiger partial charge < -0.3 is 4.98 Å². The van der Waals surface area contributed by atoms with Gasteiger partial charge in [-0.25, -0.2) is 17.2 Å². The van der Waals surface area contributed by atoms with E-state index < -0.39 is 38.7 Å². The van der Waals surface area contributed by atoms with Crippen molar-refractivity contribution in [1.29, 1.82) is 0 Å². The number of H-pyrrole nitrogens is 1. The Morgan fingerprint density at radius 1 is 1.22 bits per heavy atom. The van der Waals surface area contributed by atoms with Crippen LogP contribution in [-0.2, 0) is 10.0 Å². The Hall–Kier alpha value is -2.26. The summed E-state index contributed by atoms with van der Waals surface area (Å²) in [6, 6.07) is 6.96. The van der Waals surface area contributed by atoms with Gasteiger partial charge in [0.1, 0.15) is 5.82 Å². The van der Waals surface area contributed by atoms with E-state index in [9.17, 15) is 22.0 Å². The largest absolute Gasteiger partial charge is 0.360 e. The van der Waals surface area contributed by atoms with E-state index >= 15 is 0 Å². The number of nitrogens with one attached hydrogen (secondary N) is 2. The molecule has 0 amide bonds. The molecule has 3 rings (SSSR count).